The van der Waals surface area contributed by atoms with Crippen molar-refractivity contribution in [2.75, 3.05) is 26.3 Å². The largest absolute Gasteiger partial charge is 0.396 e. The van der Waals surface area contributed by atoms with Gasteiger partial charge in [0.05, 0.1) is 6.10 Å². The highest BCUT2D eigenvalue weighted by atomic mass is 16.5. The molecule has 0 aromatic heterocycles. The number of piperidine rings is 1. The Labute approximate surface area is 117 Å². The zero-order valence-corrected chi connectivity index (χ0v) is 12.6. The first-order chi connectivity index (χ1) is 9.04. The maximum atomic E-state index is 12.1. The van der Waals surface area contributed by atoms with Crippen LogP contribution >= 0.6 is 0 Å². The molecule has 19 heavy (non-hydrogen) atoms. The van der Waals surface area contributed by atoms with Gasteiger partial charge in [-0.1, -0.05) is 20.8 Å². The summed E-state index contributed by atoms with van der Waals surface area (Å²) in [6.07, 6.45) is 3.47. The van der Waals surface area contributed by atoms with Crippen molar-refractivity contribution in [1.29, 1.82) is 0 Å². The Kier molecular flexibility index (Phi) is 7.39. The molecule has 112 valence electrons. The number of aliphatic hydroxyl groups excluding tert-OH is 1. The van der Waals surface area contributed by atoms with Crippen LogP contribution in [-0.2, 0) is 9.53 Å². The van der Waals surface area contributed by atoms with Crippen LogP contribution in [0.15, 0.2) is 0 Å². The molecule has 1 unspecified atom stereocenters. The molecule has 1 heterocycles. The van der Waals surface area contributed by atoms with Crippen LogP contribution in [0, 0.1) is 11.8 Å². The lowest BCUT2D eigenvalue weighted by Crippen LogP contribution is -2.41. The summed E-state index contributed by atoms with van der Waals surface area (Å²) in [5, 5.41) is 8.71. The van der Waals surface area contributed by atoms with Crippen molar-refractivity contribution in [3.63, 3.8) is 0 Å². The topological polar surface area (TPSA) is 49.8 Å². The molecule has 0 bridgehead atoms. The molecule has 1 rings (SSSR count). The minimum absolute atomic E-state index is 0.185. The average molecular weight is 271 g/mol. The molecule has 1 fully saturated rings. The number of hydrogen-bond donors (Lipinski definition) is 1. The predicted octanol–water partition coefficient (Wildman–Crippen LogP) is 2.06. The van der Waals surface area contributed by atoms with Crippen molar-refractivity contribution in [3.05, 3.63) is 0 Å². The summed E-state index contributed by atoms with van der Waals surface area (Å²) in [5.74, 6) is 1.30. The normalized spacial score (nSPS) is 18.9. The van der Waals surface area contributed by atoms with E-state index in [4.69, 9.17) is 9.84 Å². The van der Waals surface area contributed by atoms with Crippen LogP contribution in [0.1, 0.15) is 46.5 Å². The van der Waals surface area contributed by atoms with Gasteiger partial charge in [-0.3, -0.25) is 4.79 Å². The fourth-order valence-electron chi connectivity index (χ4n) is 2.23. The molecule has 0 aliphatic carbocycles. The van der Waals surface area contributed by atoms with Crippen LogP contribution in [0.2, 0.25) is 0 Å². The molecule has 1 atom stereocenters. The Morgan fingerprint density at radius 2 is 1.95 bits per heavy atom. The maximum absolute atomic E-state index is 12.1. The van der Waals surface area contributed by atoms with Gasteiger partial charge in [-0.25, -0.2) is 0 Å². The van der Waals surface area contributed by atoms with Crippen molar-refractivity contribution in [1.82, 2.24) is 4.90 Å². The molecular weight excluding hydrogens is 242 g/mol. The summed E-state index contributed by atoms with van der Waals surface area (Å²) < 4.78 is 5.67. The number of ether oxygens (including phenoxy) is 1. The Balaban J connectivity index is 2.23. The summed E-state index contributed by atoms with van der Waals surface area (Å²) in [7, 11) is 0. The van der Waals surface area contributed by atoms with Gasteiger partial charge in [0.2, 0.25) is 5.91 Å². The Morgan fingerprint density at radius 3 is 2.47 bits per heavy atom. The van der Waals surface area contributed by atoms with Crippen LogP contribution in [0.3, 0.4) is 0 Å². The van der Waals surface area contributed by atoms with E-state index >= 15 is 0 Å². The van der Waals surface area contributed by atoms with Crippen LogP contribution in [0.25, 0.3) is 0 Å². The van der Waals surface area contributed by atoms with Crippen LogP contribution in [-0.4, -0.2) is 48.3 Å². The van der Waals surface area contributed by atoms with Crippen molar-refractivity contribution in [3.8, 4) is 0 Å². The van der Waals surface area contributed by atoms with E-state index in [1.165, 1.54) is 0 Å². The fraction of sp³-hybridized carbons (Fsp3) is 0.933. The van der Waals surface area contributed by atoms with Gasteiger partial charge < -0.3 is 14.7 Å². The van der Waals surface area contributed by atoms with Crippen molar-refractivity contribution in [2.24, 2.45) is 11.8 Å². The van der Waals surface area contributed by atoms with Gasteiger partial charge in [0, 0.05) is 32.7 Å². The molecule has 0 radical (unpaired) electrons. The molecule has 0 saturated carbocycles. The van der Waals surface area contributed by atoms with Gasteiger partial charge in [0.1, 0.15) is 0 Å². The number of nitrogens with zero attached hydrogens (tertiary/aromatic N) is 1. The van der Waals surface area contributed by atoms with Crippen LogP contribution in [0.4, 0.5) is 0 Å². The number of aliphatic hydroxyl groups is 1. The number of amides is 1. The minimum atomic E-state index is 0.185. The highest BCUT2D eigenvalue weighted by molar-refractivity contribution is 5.76. The highest BCUT2D eigenvalue weighted by Gasteiger charge is 2.24. The fourth-order valence-corrected chi connectivity index (χ4v) is 2.23. The lowest BCUT2D eigenvalue weighted by Gasteiger charge is -2.33. The van der Waals surface area contributed by atoms with Gasteiger partial charge in [0.15, 0.2) is 0 Å². The van der Waals surface area contributed by atoms with E-state index < -0.39 is 0 Å². The van der Waals surface area contributed by atoms with Crippen LogP contribution < -0.4 is 0 Å². The number of likely N-dealkylation sites (tertiary alicyclic amines) is 1. The predicted molar refractivity (Wildman–Crippen MR) is 75.9 cm³/mol. The van der Waals surface area contributed by atoms with E-state index in [1.54, 1.807) is 0 Å². The molecule has 1 N–H and O–H groups in total. The Bertz CT molecular complexity index is 260. The monoisotopic (exact) mass is 271 g/mol. The minimum Gasteiger partial charge on any atom is -0.396 e. The summed E-state index contributed by atoms with van der Waals surface area (Å²) in [6.45, 7) is 8.91. The summed E-state index contributed by atoms with van der Waals surface area (Å²) in [6, 6.07) is 0. The average Bonchev–Trinajstić information content (AvgIpc) is 2.39. The second-order valence-electron chi connectivity index (χ2n) is 5.95. The smallest absolute Gasteiger partial charge is 0.222 e. The molecule has 0 aromatic rings. The SMILES string of the molecule is CC(C)C(C)CC(=O)N1CCC(OCCCO)CC1. The van der Waals surface area contributed by atoms with E-state index in [1.807, 2.05) is 4.90 Å². The zero-order valence-electron chi connectivity index (χ0n) is 12.6. The van der Waals surface area contributed by atoms with Gasteiger partial charge in [0.25, 0.3) is 0 Å². The molecule has 0 aromatic carbocycles. The zero-order chi connectivity index (χ0) is 14.3. The van der Waals surface area contributed by atoms with Crippen molar-refractivity contribution < 1.29 is 14.6 Å². The second-order valence-corrected chi connectivity index (χ2v) is 5.95. The van der Waals surface area contributed by atoms with E-state index in [0.717, 1.165) is 25.9 Å². The molecular formula is C15H29NO3. The highest BCUT2D eigenvalue weighted by Crippen LogP contribution is 2.19. The van der Waals surface area contributed by atoms with Crippen molar-refractivity contribution >= 4 is 5.91 Å². The number of carbonyl (C=O) groups excluding carboxylic acids is 1. The van der Waals surface area contributed by atoms with Gasteiger partial charge in [-0.05, 0) is 31.1 Å². The Hall–Kier alpha value is -0.610. The summed E-state index contributed by atoms with van der Waals surface area (Å²) >= 11 is 0. The van der Waals surface area contributed by atoms with Crippen molar-refractivity contribution in [2.45, 2.75) is 52.6 Å². The van der Waals surface area contributed by atoms with E-state index in [-0.39, 0.29) is 18.6 Å². The van der Waals surface area contributed by atoms with E-state index in [2.05, 4.69) is 20.8 Å². The first-order valence-electron chi connectivity index (χ1n) is 7.54. The summed E-state index contributed by atoms with van der Waals surface area (Å²) in [4.78, 5) is 14.1. The third-order valence-corrected chi connectivity index (χ3v) is 4.09. The first-order valence-corrected chi connectivity index (χ1v) is 7.54. The maximum Gasteiger partial charge on any atom is 0.222 e. The number of rotatable bonds is 7. The molecule has 4 nitrogen and oxygen atoms in total. The van der Waals surface area contributed by atoms with E-state index in [9.17, 15) is 4.79 Å². The quantitative estimate of drug-likeness (QED) is 0.721. The molecule has 1 aliphatic rings. The summed E-state index contributed by atoms with van der Waals surface area (Å²) in [5.41, 5.74) is 0. The van der Waals surface area contributed by atoms with E-state index in [0.29, 0.717) is 31.3 Å². The third-order valence-electron chi connectivity index (χ3n) is 4.09. The first kappa shape index (κ1) is 16.4. The molecule has 0 spiro atoms. The number of carbonyl (C=O) groups is 1. The van der Waals surface area contributed by atoms with Crippen LogP contribution in [0.5, 0.6) is 0 Å². The standard InChI is InChI=1S/C15H29NO3/c1-12(2)13(3)11-15(18)16-7-5-14(6-8-16)19-10-4-9-17/h12-14,17H,4-11H2,1-3H3. The van der Waals surface area contributed by atoms with Gasteiger partial charge >= 0.3 is 0 Å². The molecule has 1 aliphatic heterocycles. The Morgan fingerprint density at radius 1 is 1.32 bits per heavy atom. The van der Waals surface area contributed by atoms with Gasteiger partial charge in [-0.15, -0.1) is 0 Å². The third kappa shape index (κ3) is 5.91. The molecule has 1 amide bonds. The molecule has 4 heteroatoms. The second kappa shape index (κ2) is 8.54. The number of hydrogen-bond acceptors (Lipinski definition) is 3. The lowest BCUT2D eigenvalue weighted by atomic mass is 9.93. The van der Waals surface area contributed by atoms with Gasteiger partial charge in [-0.2, -0.15) is 0 Å². The molecule has 1 saturated heterocycles. The lowest BCUT2D eigenvalue weighted by molar-refractivity contribution is -0.135.